The van der Waals surface area contributed by atoms with Gasteiger partial charge in [0.2, 0.25) is 11.8 Å². The molecule has 0 aromatic heterocycles. The zero-order valence-electron chi connectivity index (χ0n) is 9.97. The second kappa shape index (κ2) is 5.08. The molecule has 2 atom stereocenters. The fourth-order valence-corrected chi connectivity index (χ4v) is 2.13. The molecule has 2 amide bonds. The van der Waals surface area contributed by atoms with E-state index in [0.29, 0.717) is 10.6 Å². The Hall–Kier alpha value is -1.39. The van der Waals surface area contributed by atoms with Gasteiger partial charge in [-0.15, -0.1) is 0 Å². The Balaban J connectivity index is 2.07. The number of halogens is 1. The summed E-state index contributed by atoms with van der Waals surface area (Å²) < 4.78 is 0. The van der Waals surface area contributed by atoms with Crippen LogP contribution in [0.15, 0.2) is 24.3 Å². The predicted molar refractivity (Wildman–Crippen MR) is 66.9 cm³/mol. The number of nitrogens with zero attached hydrogens (tertiary/aromatic N) is 1. The number of carbonyl (C=O) groups excluding carboxylic acids is 2. The first kappa shape index (κ1) is 13.1. The Morgan fingerprint density at radius 2 is 2.00 bits per heavy atom. The van der Waals surface area contributed by atoms with Crippen LogP contribution in [0.5, 0.6) is 0 Å². The van der Waals surface area contributed by atoms with E-state index in [0.717, 1.165) is 4.90 Å². The molecule has 1 aliphatic rings. The predicted octanol–water partition coefficient (Wildman–Crippen LogP) is 1.77. The molecule has 1 aromatic rings. The molecule has 1 heterocycles. The number of aliphatic hydroxyl groups excluding tert-OH is 1. The second-order valence-electron chi connectivity index (χ2n) is 4.52. The maximum Gasteiger partial charge on any atom is 0.232 e. The quantitative estimate of drug-likeness (QED) is 0.849. The number of imide groups is 1. The van der Waals surface area contributed by atoms with Crippen LogP contribution < -0.4 is 0 Å². The first-order valence-electron chi connectivity index (χ1n) is 5.76. The van der Waals surface area contributed by atoms with Gasteiger partial charge in [0.25, 0.3) is 0 Å². The van der Waals surface area contributed by atoms with Crippen LogP contribution in [0.4, 0.5) is 0 Å². The maximum absolute atomic E-state index is 11.7. The molecule has 1 saturated heterocycles. The highest BCUT2D eigenvalue weighted by atomic mass is 35.5. The fourth-order valence-electron chi connectivity index (χ4n) is 2.00. The Labute approximate surface area is 110 Å². The largest absolute Gasteiger partial charge is 0.387 e. The van der Waals surface area contributed by atoms with E-state index < -0.39 is 6.10 Å². The lowest BCUT2D eigenvalue weighted by molar-refractivity contribution is -0.140. The van der Waals surface area contributed by atoms with Gasteiger partial charge in [0, 0.05) is 17.4 Å². The van der Waals surface area contributed by atoms with Crippen molar-refractivity contribution in [2.24, 2.45) is 5.92 Å². The van der Waals surface area contributed by atoms with Crippen LogP contribution >= 0.6 is 11.6 Å². The Kier molecular flexibility index (Phi) is 3.68. The van der Waals surface area contributed by atoms with Gasteiger partial charge in [-0.05, 0) is 17.7 Å². The van der Waals surface area contributed by atoms with Gasteiger partial charge in [-0.1, -0.05) is 30.7 Å². The standard InChI is InChI=1S/C13H14ClNO3/c1-8-6-12(17)15(13(8)18)7-11(16)9-2-4-10(14)5-3-9/h2-5,8,11,16H,6-7H2,1H3. The zero-order chi connectivity index (χ0) is 13.3. The van der Waals surface area contributed by atoms with Gasteiger partial charge in [-0.2, -0.15) is 0 Å². The van der Waals surface area contributed by atoms with Gasteiger partial charge < -0.3 is 5.11 Å². The monoisotopic (exact) mass is 267 g/mol. The van der Waals surface area contributed by atoms with E-state index in [1.165, 1.54) is 0 Å². The molecule has 2 rings (SSSR count). The minimum Gasteiger partial charge on any atom is -0.387 e. The lowest BCUT2D eigenvalue weighted by Crippen LogP contribution is -2.34. The minimum absolute atomic E-state index is 0.00361. The van der Waals surface area contributed by atoms with E-state index in [4.69, 9.17) is 11.6 Å². The van der Waals surface area contributed by atoms with Gasteiger partial charge >= 0.3 is 0 Å². The molecule has 18 heavy (non-hydrogen) atoms. The van der Waals surface area contributed by atoms with Crippen LogP contribution in [-0.4, -0.2) is 28.4 Å². The summed E-state index contributed by atoms with van der Waals surface area (Å²) in [5.74, 6) is -0.719. The lowest BCUT2D eigenvalue weighted by Gasteiger charge is -2.19. The number of benzene rings is 1. The molecule has 1 aliphatic heterocycles. The lowest BCUT2D eigenvalue weighted by atomic mass is 10.1. The minimum atomic E-state index is -0.875. The summed E-state index contributed by atoms with van der Waals surface area (Å²) in [6, 6.07) is 6.69. The van der Waals surface area contributed by atoms with Gasteiger partial charge in [0.05, 0.1) is 12.6 Å². The van der Waals surface area contributed by atoms with Crippen molar-refractivity contribution in [1.82, 2.24) is 4.90 Å². The molecule has 5 heteroatoms. The summed E-state index contributed by atoms with van der Waals surface area (Å²) in [6.45, 7) is 1.72. The van der Waals surface area contributed by atoms with E-state index in [1.807, 2.05) is 0 Å². The molecule has 96 valence electrons. The third-order valence-corrected chi connectivity index (χ3v) is 3.33. The molecule has 0 saturated carbocycles. The molecule has 1 aromatic carbocycles. The van der Waals surface area contributed by atoms with Crippen molar-refractivity contribution in [3.8, 4) is 0 Å². The molecule has 1 fully saturated rings. The summed E-state index contributed by atoms with van der Waals surface area (Å²) in [5, 5.41) is 10.6. The van der Waals surface area contributed by atoms with Crippen LogP contribution in [0, 0.1) is 5.92 Å². The average Bonchev–Trinajstić information content (AvgIpc) is 2.57. The molecule has 2 unspecified atom stereocenters. The van der Waals surface area contributed by atoms with E-state index in [1.54, 1.807) is 31.2 Å². The second-order valence-corrected chi connectivity index (χ2v) is 4.95. The van der Waals surface area contributed by atoms with E-state index in [9.17, 15) is 14.7 Å². The van der Waals surface area contributed by atoms with Crippen LogP contribution in [0.2, 0.25) is 5.02 Å². The summed E-state index contributed by atoms with van der Waals surface area (Å²) in [4.78, 5) is 24.4. The Bertz CT molecular complexity index is 472. The summed E-state index contributed by atoms with van der Waals surface area (Å²) in [7, 11) is 0. The Morgan fingerprint density at radius 3 is 2.50 bits per heavy atom. The van der Waals surface area contributed by atoms with Gasteiger partial charge in [0.15, 0.2) is 0 Å². The van der Waals surface area contributed by atoms with Crippen molar-refractivity contribution in [3.05, 3.63) is 34.9 Å². The van der Waals surface area contributed by atoms with E-state index in [2.05, 4.69) is 0 Å². The van der Waals surface area contributed by atoms with Gasteiger partial charge in [-0.3, -0.25) is 14.5 Å². The summed E-state index contributed by atoms with van der Waals surface area (Å²) in [5.41, 5.74) is 0.638. The molecule has 0 spiro atoms. The van der Waals surface area contributed by atoms with E-state index >= 15 is 0 Å². The maximum atomic E-state index is 11.7. The first-order valence-corrected chi connectivity index (χ1v) is 6.14. The van der Waals surface area contributed by atoms with Crippen molar-refractivity contribution >= 4 is 23.4 Å². The molecule has 0 radical (unpaired) electrons. The molecule has 0 bridgehead atoms. The molecule has 0 aliphatic carbocycles. The third-order valence-electron chi connectivity index (χ3n) is 3.08. The summed E-state index contributed by atoms with van der Waals surface area (Å²) in [6.07, 6.45) is -0.646. The highest BCUT2D eigenvalue weighted by Crippen LogP contribution is 2.23. The molecule has 4 nitrogen and oxygen atoms in total. The number of carbonyl (C=O) groups is 2. The topological polar surface area (TPSA) is 57.6 Å². The van der Waals surface area contributed by atoms with Gasteiger partial charge in [-0.25, -0.2) is 0 Å². The van der Waals surface area contributed by atoms with Crippen molar-refractivity contribution in [1.29, 1.82) is 0 Å². The smallest absolute Gasteiger partial charge is 0.232 e. The number of aliphatic hydroxyl groups is 1. The highest BCUT2D eigenvalue weighted by Gasteiger charge is 2.36. The number of rotatable bonds is 3. The van der Waals surface area contributed by atoms with Crippen molar-refractivity contribution in [3.63, 3.8) is 0 Å². The van der Waals surface area contributed by atoms with Crippen LogP contribution in [0.1, 0.15) is 25.0 Å². The fraction of sp³-hybridized carbons (Fsp3) is 0.385. The molecular formula is C13H14ClNO3. The zero-order valence-corrected chi connectivity index (χ0v) is 10.7. The molecular weight excluding hydrogens is 254 g/mol. The van der Waals surface area contributed by atoms with Crippen LogP contribution in [-0.2, 0) is 9.59 Å². The number of hydrogen-bond donors (Lipinski definition) is 1. The highest BCUT2D eigenvalue weighted by molar-refractivity contribution is 6.30. The number of β-amino-alcohol motifs (C(OH)–C–C–N with tert-alkyl or cyclic N) is 1. The third kappa shape index (κ3) is 2.54. The number of hydrogen-bond acceptors (Lipinski definition) is 3. The SMILES string of the molecule is CC1CC(=O)N(CC(O)c2ccc(Cl)cc2)C1=O. The van der Waals surface area contributed by atoms with E-state index in [-0.39, 0.29) is 30.7 Å². The Morgan fingerprint density at radius 1 is 1.39 bits per heavy atom. The normalized spacial score (nSPS) is 21.5. The van der Waals surface area contributed by atoms with Crippen molar-refractivity contribution in [2.75, 3.05) is 6.54 Å². The van der Waals surface area contributed by atoms with Crippen molar-refractivity contribution < 1.29 is 14.7 Å². The van der Waals surface area contributed by atoms with Crippen LogP contribution in [0.3, 0.4) is 0 Å². The number of likely N-dealkylation sites (tertiary alicyclic amines) is 1. The van der Waals surface area contributed by atoms with Gasteiger partial charge in [0.1, 0.15) is 0 Å². The van der Waals surface area contributed by atoms with Crippen LogP contribution in [0.25, 0.3) is 0 Å². The summed E-state index contributed by atoms with van der Waals surface area (Å²) >= 11 is 5.75. The molecule has 1 N–H and O–H groups in total. The average molecular weight is 268 g/mol. The van der Waals surface area contributed by atoms with Crippen molar-refractivity contribution in [2.45, 2.75) is 19.4 Å². The number of amides is 2. The first-order chi connectivity index (χ1) is 8.49.